The van der Waals surface area contributed by atoms with E-state index >= 15 is 0 Å². The van der Waals surface area contributed by atoms with Crippen LogP contribution in [0.4, 0.5) is 0 Å². The Labute approximate surface area is 177 Å². The van der Waals surface area contributed by atoms with Gasteiger partial charge in [0.2, 0.25) is 0 Å². The lowest BCUT2D eigenvalue weighted by Gasteiger charge is -2.24. The summed E-state index contributed by atoms with van der Waals surface area (Å²) in [5.41, 5.74) is 2.73. The van der Waals surface area contributed by atoms with Crippen LogP contribution in [0.2, 0.25) is 0 Å². The van der Waals surface area contributed by atoms with Crippen LogP contribution >= 0.6 is 0 Å². The van der Waals surface area contributed by atoms with Gasteiger partial charge in [0.1, 0.15) is 0 Å². The molecule has 1 aliphatic rings. The SMILES string of the molecule is CC.CC.CCC1CCC(C)CC1.CCc1ccccc1.Cc1ccccc1. The van der Waals surface area contributed by atoms with Crippen LogP contribution < -0.4 is 0 Å². The number of hydrogen-bond acceptors (Lipinski definition) is 0. The second-order valence-electron chi connectivity index (χ2n) is 7.03. The third-order valence-corrected chi connectivity index (χ3v) is 4.90. The van der Waals surface area contributed by atoms with Crippen molar-refractivity contribution in [3.05, 3.63) is 71.8 Å². The van der Waals surface area contributed by atoms with Gasteiger partial charge < -0.3 is 0 Å². The maximum Gasteiger partial charge on any atom is -0.0307 e. The zero-order valence-electron chi connectivity index (χ0n) is 20.2. The Hall–Kier alpha value is -1.56. The molecule has 0 atom stereocenters. The lowest BCUT2D eigenvalue weighted by Crippen LogP contribution is -2.10. The molecular formula is C28H48. The zero-order valence-corrected chi connectivity index (χ0v) is 20.2. The van der Waals surface area contributed by atoms with Gasteiger partial charge in [-0.3, -0.25) is 0 Å². The molecule has 160 valence electrons. The zero-order chi connectivity index (χ0) is 21.6. The molecule has 0 radical (unpaired) electrons. The normalized spacial score (nSPS) is 17.0. The van der Waals surface area contributed by atoms with E-state index in [1.807, 2.05) is 52.0 Å². The number of hydrogen-bond donors (Lipinski definition) is 0. The van der Waals surface area contributed by atoms with Gasteiger partial charge in [0, 0.05) is 0 Å². The van der Waals surface area contributed by atoms with E-state index in [0.717, 1.165) is 18.3 Å². The summed E-state index contributed by atoms with van der Waals surface area (Å²) in [4.78, 5) is 0. The highest BCUT2D eigenvalue weighted by atomic mass is 14.2. The minimum Gasteiger partial charge on any atom is -0.0683 e. The average Bonchev–Trinajstić information content (AvgIpc) is 2.79. The molecule has 28 heavy (non-hydrogen) atoms. The summed E-state index contributed by atoms with van der Waals surface area (Å²) in [5, 5.41) is 0. The van der Waals surface area contributed by atoms with Crippen LogP contribution in [0.15, 0.2) is 60.7 Å². The molecule has 0 saturated heterocycles. The summed E-state index contributed by atoms with van der Waals surface area (Å²) in [5.74, 6) is 2.09. The second-order valence-corrected chi connectivity index (χ2v) is 7.03. The first-order valence-corrected chi connectivity index (χ1v) is 11.7. The van der Waals surface area contributed by atoms with Crippen LogP contribution in [0.25, 0.3) is 0 Å². The van der Waals surface area contributed by atoms with Crippen molar-refractivity contribution in [1.82, 2.24) is 0 Å². The third-order valence-electron chi connectivity index (χ3n) is 4.90. The average molecular weight is 385 g/mol. The molecule has 3 rings (SSSR count). The predicted octanol–water partition coefficient (Wildman–Crippen LogP) is 9.52. The molecule has 0 spiro atoms. The van der Waals surface area contributed by atoms with Gasteiger partial charge in [-0.05, 0) is 30.7 Å². The van der Waals surface area contributed by atoms with E-state index in [0.29, 0.717) is 0 Å². The summed E-state index contributed by atoms with van der Waals surface area (Å²) < 4.78 is 0. The van der Waals surface area contributed by atoms with Gasteiger partial charge in [-0.1, -0.05) is 147 Å². The molecule has 1 saturated carbocycles. The molecule has 0 heteroatoms. The smallest absolute Gasteiger partial charge is 0.0307 e. The highest BCUT2D eigenvalue weighted by Crippen LogP contribution is 2.29. The van der Waals surface area contributed by atoms with Crippen LogP contribution in [0.5, 0.6) is 0 Å². The van der Waals surface area contributed by atoms with Crippen molar-refractivity contribution >= 4 is 0 Å². The minimum atomic E-state index is 1.02. The Balaban J connectivity index is 0. The molecule has 0 N–H and O–H groups in total. The predicted molar refractivity (Wildman–Crippen MR) is 131 cm³/mol. The molecule has 0 heterocycles. The fraction of sp³-hybridized carbons (Fsp3) is 0.571. The van der Waals surface area contributed by atoms with Gasteiger partial charge >= 0.3 is 0 Å². The van der Waals surface area contributed by atoms with Crippen molar-refractivity contribution in [2.45, 2.75) is 93.9 Å². The quantitative estimate of drug-likeness (QED) is 0.483. The van der Waals surface area contributed by atoms with Crippen LogP contribution in [0.1, 0.15) is 91.7 Å². The summed E-state index contributed by atoms with van der Waals surface area (Å²) in [7, 11) is 0. The van der Waals surface area contributed by atoms with E-state index in [4.69, 9.17) is 0 Å². The van der Waals surface area contributed by atoms with Crippen molar-refractivity contribution in [1.29, 1.82) is 0 Å². The lowest BCUT2D eigenvalue weighted by molar-refractivity contribution is 0.284. The van der Waals surface area contributed by atoms with Crippen molar-refractivity contribution in [2.75, 3.05) is 0 Å². The van der Waals surface area contributed by atoms with Gasteiger partial charge in [-0.25, -0.2) is 0 Å². The molecule has 0 amide bonds. The Morgan fingerprint density at radius 1 is 0.679 bits per heavy atom. The maximum absolute atomic E-state index is 2.38. The largest absolute Gasteiger partial charge is 0.0683 e. The first-order valence-electron chi connectivity index (χ1n) is 11.7. The minimum absolute atomic E-state index is 1.02. The van der Waals surface area contributed by atoms with Gasteiger partial charge in [0.25, 0.3) is 0 Å². The van der Waals surface area contributed by atoms with E-state index in [-0.39, 0.29) is 0 Å². The lowest BCUT2D eigenvalue weighted by atomic mass is 9.82. The van der Waals surface area contributed by atoms with Crippen LogP contribution in [-0.2, 0) is 6.42 Å². The molecular weight excluding hydrogens is 336 g/mol. The van der Waals surface area contributed by atoms with Gasteiger partial charge in [-0.2, -0.15) is 0 Å². The third kappa shape index (κ3) is 16.6. The Bertz CT molecular complexity index is 492. The molecule has 0 aromatic heterocycles. The highest BCUT2D eigenvalue weighted by molar-refractivity contribution is 5.14. The van der Waals surface area contributed by atoms with E-state index in [1.165, 1.54) is 43.2 Å². The van der Waals surface area contributed by atoms with Gasteiger partial charge in [-0.15, -0.1) is 0 Å². The number of rotatable bonds is 2. The summed E-state index contributed by atoms with van der Waals surface area (Å²) in [6, 6.07) is 20.7. The molecule has 1 fully saturated rings. The maximum atomic E-state index is 2.38. The number of aryl methyl sites for hydroxylation is 2. The molecule has 1 aliphatic carbocycles. The summed E-state index contributed by atoms with van der Waals surface area (Å²) in [6.07, 6.45) is 8.51. The molecule has 0 nitrogen and oxygen atoms in total. The summed E-state index contributed by atoms with van der Waals surface area (Å²) >= 11 is 0. The molecule has 0 bridgehead atoms. The van der Waals surface area contributed by atoms with Crippen molar-refractivity contribution in [3.63, 3.8) is 0 Å². The molecule has 2 aromatic rings. The standard InChI is InChI=1S/C9H18.C8H10.C7H8.2C2H6/c1-3-9-6-4-8(2)5-7-9;1-2-8-6-4-3-5-7-8;1-7-5-3-2-4-6-7;2*1-2/h8-9H,3-7H2,1-2H3;3-7H,2H2,1H3;2-6H,1H3;2*1-2H3. The van der Waals surface area contributed by atoms with E-state index in [1.54, 1.807) is 0 Å². The van der Waals surface area contributed by atoms with E-state index < -0.39 is 0 Å². The Morgan fingerprint density at radius 3 is 1.39 bits per heavy atom. The fourth-order valence-electron chi connectivity index (χ4n) is 2.99. The first kappa shape index (κ1) is 28.6. The van der Waals surface area contributed by atoms with E-state index in [2.05, 4.69) is 64.1 Å². The van der Waals surface area contributed by atoms with Crippen LogP contribution in [0.3, 0.4) is 0 Å². The van der Waals surface area contributed by atoms with Crippen molar-refractivity contribution < 1.29 is 0 Å². The molecule has 0 unspecified atom stereocenters. The van der Waals surface area contributed by atoms with Crippen molar-refractivity contribution in [2.24, 2.45) is 11.8 Å². The fourth-order valence-corrected chi connectivity index (χ4v) is 2.99. The van der Waals surface area contributed by atoms with Gasteiger partial charge in [0.05, 0.1) is 0 Å². The van der Waals surface area contributed by atoms with Crippen LogP contribution in [0, 0.1) is 18.8 Å². The van der Waals surface area contributed by atoms with Gasteiger partial charge in [0.15, 0.2) is 0 Å². The summed E-state index contributed by atoms with van der Waals surface area (Å²) in [6.45, 7) is 16.9. The van der Waals surface area contributed by atoms with Crippen molar-refractivity contribution in [3.8, 4) is 0 Å². The number of benzene rings is 2. The van der Waals surface area contributed by atoms with E-state index in [9.17, 15) is 0 Å². The first-order chi connectivity index (χ1) is 13.7. The van der Waals surface area contributed by atoms with Crippen LogP contribution in [-0.4, -0.2) is 0 Å². The Kier molecular flexibility index (Phi) is 22.2. The second kappa shape index (κ2) is 21.7. The Morgan fingerprint density at radius 2 is 1.11 bits per heavy atom. The highest BCUT2D eigenvalue weighted by Gasteiger charge is 2.15. The monoisotopic (exact) mass is 384 g/mol. The topological polar surface area (TPSA) is 0 Å². The molecule has 2 aromatic carbocycles. The molecule has 0 aliphatic heterocycles.